The first-order chi connectivity index (χ1) is 25.5. The molecule has 2 N–H and O–H groups in total. The number of benzene rings is 2. The van der Waals surface area contributed by atoms with Gasteiger partial charge in [-0.3, -0.25) is 14.4 Å². The Bertz CT molecular complexity index is 1680. The summed E-state index contributed by atoms with van der Waals surface area (Å²) in [4.78, 5) is 40.8. The van der Waals surface area contributed by atoms with E-state index < -0.39 is 17.8 Å². The Hall–Kier alpha value is -4.69. The Kier molecular flexibility index (Phi) is 14.1. The van der Waals surface area contributed by atoms with Crippen molar-refractivity contribution >= 4 is 23.8 Å². The van der Waals surface area contributed by atoms with Crippen molar-refractivity contribution in [2.24, 2.45) is 0 Å². The van der Waals surface area contributed by atoms with Gasteiger partial charge in [0.25, 0.3) is 5.91 Å². The van der Waals surface area contributed by atoms with Crippen LogP contribution in [-0.2, 0) is 33.7 Å². The van der Waals surface area contributed by atoms with Crippen LogP contribution in [0.25, 0.3) is 11.3 Å². The molecular formula is C39H54N6O8. The van der Waals surface area contributed by atoms with E-state index in [0.717, 1.165) is 50.0 Å². The van der Waals surface area contributed by atoms with Gasteiger partial charge in [0.05, 0.1) is 12.8 Å². The molecule has 2 heterocycles. The fourth-order valence-corrected chi connectivity index (χ4v) is 6.71. The smallest absolute Gasteiger partial charge is 0.481 e. The van der Waals surface area contributed by atoms with E-state index in [0.29, 0.717) is 50.1 Å². The van der Waals surface area contributed by atoms with E-state index in [2.05, 4.69) is 32.7 Å². The molecule has 14 nitrogen and oxygen atoms in total. The summed E-state index contributed by atoms with van der Waals surface area (Å²) in [5, 5.41) is 21.3. The van der Waals surface area contributed by atoms with Gasteiger partial charge >= 0.3 is 12.2 Å². The molecule has 1 aromatic heterocycles. The van der Waals surface area contributed by atoms with Crippen molar-refractivity contribution in [3.63, 3.8) is 0 Å². The molecule has 53 heavy (non-hydrogen) atoms. The SMILES string of the molecule is CCn1cc(-c2cccc(CCOCCCN(CCN(CCc3ccc(OC(=O)OC(C)(C)C)c4c3OCC(=O)N4)C(=O)O)C3CCCCC3)c2)nn1. The maximum atomic E-state index is 12.4. The van der Waals surface area contributed by atoms with E-state index in [1.54, 1.807) is 32.9 Å². The monoisotopic (exact) mass is 734 g/mol. The van der Waals surface area contributed by atoms with Crippen LogP contribution < -0.4 is 14.8 Å². The Balaban J connectivity index is 1.13. The molecule has 0 atom stereocenters. The summed E-state index contributed by atoms with van der Waals surface area (Å²) in [5.74, 6) is 0.0634. The highest BCUT2D eigenvalue weighted by atomic mass is 16.7. The van der Waals surface area contributed by atoms with Crippen molar-refractivity contribution in [1.82, 2.24) is 24.8 Å². The van der Waals surface area contributed by atoms with E-state index in [1.807, 2.05) is 29.9 Å². The summed E-state index contributed by atoms with van der Waals surface area (Å²) in [6, 6.07) is 12.0. The van der Waals surface area contributed by atoms with Crippen LogP contribution in [0.2, 0.25) is 0 Å². The molecule has 2 aliphatic rings. The summed E-state index contributed by atoms with van der Waals surface area (Å²) in [5.41, 5.74) is 3.26. The Labute approximate surface area is 311 Å². The highest BCUT2D eigenvalue weighted by molar-refractivity contribution is 5.98. The van der Waals surface area contributed by atoms with Crippen molar-refractivity contribution < 1.29 is 38.4 Å². The molecule has 1 saturated carbocycles. The Morgan fingerprint density at radius 1 is 1.04 bits per heavy atom. The fraction of sp³-hybridized carbons (Fsp3) is 0.564. The number of carbonyl (C=O) groups is 3. The van der Waals surface area contributed by atoms with Crippen molar-refractivity contribution in [3.8, 4) is 22.8 Å². The van der Waals surface area contributed by atoms with Gasteiger partial charge in [0.15, 0.2) is 18.1 Å². The number of hydrogen-bond acceptors (Lipinski definition) is 10. The van der Waals surface area contributed by atoms with Gasteiger partial charge in [-0.2, -0.15) is 0 Å². The second-order valence-corrected chi connectivity index (χ2v) is 14.6. The van der Waals surface area contributed by atoms with Gasteiger partial charge in [0.2, 0.25) is 0 Å². The highest BCUT2D eigenvalue weighted by Crippen LogP contribution is 2.40. The number of hydrogen-bond donors (Lipinski definition) is 2. The summed E-state index contributed by atoms with van der Waals surface area (Å²) in [6.07, 6.45) is 7.89. The molecule has 1 aliphatic heterocycles. The van der Waals surface area contributed by atoms with Crippen LogP contribution in [0, 0.1) is 0 Å². The molecular weight excluding hydrogens is 680 g/mol. The lowest BCUT2D eigenvalue weighted by molar-refractivity contribution is -0.118. The average molecular weight is 735 g/mol. The van der Waals surface area contributed by atoms with Crippen LogP contribution in [0.1, 0.15) is 77.3 Å². The predicted octanol–water partition coefficient (Wildman–Crippen LogP) is 6.42. The van der Waals surface area contributed by atoms with Crippen LogP contribution in [0.5, 0.6) is 11.5 Å². The molecule has 0 saturated heterocycles. The minimum atomic E-state index is -0.996. The van der Waals surface area contributed by atoms with Gasteiger partial charge in [-0.15, -0.1) is 5.10 Å². The van der Waals surface area contributed by atoms with Gasteiger partial charge in [0.1, 0.15) is 17.0 Å². The molecule has 14 heteroatoms. The third-order valence-corrected chi connectivity index (χ3v) is 9.42. The third-order valence-electron chi connectivity index (χ3n) is 9.42. The molecule has 3 aromatic rings. The minimum Gasteiger partial charge on any atom is -0.481 e. The summed E-state index contributed by atoms with van der Waals surface area (Å²) in [6.45, 7) is 11.1. The molecule has 0 bridgehead atoms. The summed E-state index contributed by atoms with van der Waals surface area (Å²) in [7, 11) is 0. The quantitative estimate of drug-likeness (QED) is 0.0897. The lowest BCUT2D eigenvalue weighted by Gasteiger charge is -2.35. The summed E-state index contributed by atoms with van der Waals surface area (Å²) >= 11 is 0. The first kappa shape index (κ1) is 39.5. The Morgan fingerprint density at radius 2 is 1.85 bits per heavy atom. The van der Waals surface area contributed by atoms with E-state index in [-0.39, 0.29) is 30.5 Å². The zero-order chi connectivity index (χ0) is 37.8. The lowest BCUT2D eigenvalue weighted by atomic mass is 9.94. The molecule has 5 rings (SSSR count). The van der Waals surface area contributed by atoms with Gasteiger partial charge in [0, 0.05) is 50.9 Å². The molecule has 2 aromatic carbocycles. The molecule has 1 fully saturated rings. The first-order valence-electron chi connectivity index (χ1n) is 18.8. The number of amides is 2. The van der Waals surface area contributed by atoms with Crippen LogP contribution >= 0.6 is 0 Å². The van der Waals surface area contributed by atoms with Crippen LogP contribution in [0.4, 0.5) is 15.3 Å². The third kappa shape index (κ3) is 11.9. The number of aromatic nitrogens is 3. The van der Waals surface area contributed by atoms with E-state index in [4.69, 9.17) is 18.9 Å². The number of nitrogens with zero attached hydrogens (tertiary/aromatic N) is 5. The zero-order valence-electron chi connectivity index (χ0n) is 31.5. The largest absolute Gasteiger partial charge is 0.514 e. The number of carboxylic acid groups (broad SMARTS) is 1. The zero-order valence-corrected chi connectivity index (χ0v) is 31.5. The van der Waals surface area contributed by atoms with E-state index in [1.165, 1.54) is 29.7 Å². The average Bonchev–Trinajstić information content (AvgIpc) is 3.62. The number of anilines is 1. The van der Waals surface area contributed by atoms with Gasteiger partial charge in [-0.25, -0.2) is 9.59 Å². The second kappa shape index (κ2) is 18.9. The highest BCUT2D eigenvalue weighted by Gasteiger charge is 2.28. The second-order valence-electron chi connectivity index (χ2n) is 14.6. The van der Waals surface area contributed by atoms with Crippen molar-refractivity contribution in [3.05, 3.63) is 53.7 Å². The van der Waals surface area contributed by atoms with Gasteiger partial charge < -0.3 is 34.3 Å². The number of ether oxygens (including phenoxy) is 4. The maximum absolute atomic E-state index is 12.4. The maximum Gasteiger partial charge on any atom is 0.514 e. The number of carbonyl (C=O) groups excluding carboxylic acids is 2. The van der Waals surface area contributed by atoms with Crippen LogP contribution in [-0.4, -0.2) is 106 Å². The fourth-order valence-electron chi connectivity index (χ4n) is 6.71. The molecule has 0 radical (unpaired) electrons. The molecule has 2 amide bonds. The minimum absolute atomic E-state index is 0.0937. The Morgan fingerprint density at radius 3 is 2.58 bits per heavy atom. The van der Waals surface area contributed by atoms with E-state index in [9.17, 15) is 19.5 Å². The lowest BCUT2D eigenvalue weighted by Crippen LogP contribution is -2.44. The van der Waals surface area contributed by atoms with Crippen LogP contribution in [0.3, 0.4) is 0 Å². The van der Waals surface area contributed by atoms with Gasteiger partial charge in [-0.1, -0.05) is 48.7 Å². The van der Waals surface area contributed by atoms with Crippen molar-refractivity contribution in [2.45, 2.75) is 97.2 Å². The molecule has 0 spiro atoms. The van der Waals surface area contributed by atoms with E-state index >= 15 is 0 Å². The normalized spacial score (nSPS) is 14.7. The molecule has 0 unspecified atom stereocenters. The number of rotatable bonds is 17. The summed E-state index contributed by atoms with van der Waals surface area (Å²) < 4.78 is 24.3. The predicted molar refractivity (Wildman–Crippen MR) is 199 cm³/mol. The van der Waals surface area contributed by atoms with Crippen LogP contribution in [0.15, 0.2) is 42.6 Å². The molecule has 288 valence electrons. The van der Waals surface area contributed by atoms with Gasteiger partial charge in [-0.05, 0) is 83.1 Å². The van der Waals surface area contributed by atoms with Crippen molar-refractivity contribution in [1.29, 1.82) is 0 Å². The molecule has 1 aliphatic carbocycles. The number of aryl methyl sites for hydroxylation is 1. The first-order valence-corrected chi connectivity index (χ1v) is 18.8. The number of fused-ring (bicyclic) bond motifs is 1. The van der Waals surface area contributed by atoms with Crippen molar-refractivity contribution in [2.75, 3.05) is 51.3 Å². The number of nitrogens with one attached hydrogen (secondary N) is 1. The topological polar surface area (TPSA) is 158 Å². The standard InChI is InChI=1S/C39H54N6O8/c1-5-45-26-32(41-42-45)30-12-9-11-28(25-30)18-24-50-23-10-19-43(31-13-7-6-8-14-31)21-22-44(37(47)48)20-17-29-15-16-33(52-38(49)53-39(2,3)4)35-36(29)51-27-34(46)40-35/h9,11-12,15-16,25-26,31H,5-8,10,13-14,17-24,27H2,1-4H3,(H,40,46)(H,47,48).